The van der Waals surface area contributed by atoms with Gasteiger partial charge in [0.15, 0.2) is 0 Å². The van der Waals surface area contributed by atoms with E-state index in [1.165, 1.54) is 23.3 Å². The Balaban J connectivity index is 1.96. The van der Waals surface area contributed by atoms with Crippen LogP contribution < -0.4 is 5.32 Å². The van der Waals surface area contributed by atoms with Crippen molar-refractivity contribution in [3.05, 3.63) is 58.3 Å². The highest BCUT2D eigenvalue weighted by Crippen LogP contribution is 2.11. The molecule has 0 unspecified atom stereocenters. The fourth-order valence-corrected chi connectivity index (χ4v) is 3.22. The lowest BCUT2D eigenvalue weighted by molar-refractivity contribution is -0.141. The minimum absolute atomic E-state index is 0.0692. The summed E-state index contributed by atoms with van der Waals surface area (Å²) in [6, 6.07) is 12.7. The van der Waals surface area contributed by atoms with Gasteiger partial charge in [-0.15, -0.1) is 11.3 Å². The number of thiophene rings is 1. The SMILES string of the molecule is COC(=O)C[C@@H](Cc1ccccc1)NC(=O)CN(C)C(=O)c1cccs1. The lowest BCUT2D eigenvalue weighted by atomic mass is 10.0. The Bertz CT molecular complexity index is 731. The van der Waals surface area contributed by atoms with Gasteiger partial charge in [-0.3, -0.25) is 14.4 Å². The fourth-order valence-electron chi connectivity index (χ4n) is 2.51. The highest BCUT2D eigenvalue weighted by atomic mass is 32.1. The molecule has 1 atom stereocenters. The smallest absolute Gasteiger partial charge is 0.307 e. The normalized spacial score (nSPS) is 11.5. The van der Waals surface area contributed by atoms with Crippen LogP contribution in [0.2, 0.25) is 0 Å². The number of esters is 1. The van der Waals surface area contributed by atoms with E-state index in [1.54, 1.807) is 19.2 Å². The molecule has 26 heavy (non-hydrogen) atoms. The second-order valence-corrected chi connectivity index (χ2v) is 6.82. The van der Waals surface area contributed by atoms with E-state index < -0.39 is 12.0 Å². The van der Waals surface area contributed by atoms with Gasteiger partial charge in [0.25, 0.3) is 5.91 Å². The summed E-state index contributed by atoms with van der Waals surface area (Å²) in [6.45, 7) is -0.0802. The molecule has 0 aliphatic carbocycles. The third kappa shape index (κ3) is 6.00. The number of carbonyl (C=O) groups is 3. The topological polar surface area (TPSA) is 75.7 Å². The minimum Gasteiger partial charge on any atom is -0.469 e. The van der Waals surface area contributed by atoms with Crippen molar-refractivity contribution >= 4 is 29.1 Å². The third-order valence-electron chi connectivity index (χ3n) is 3.79. The summed E-state index contributed by atoms with van der Waals surface area (Å²) >= 11 is 1.33. The predicted octanol–water partition coefficient (Wildman–Crippen LogP) is 2.11. The average molecular weight is 374 g/mol. The maximum absolute atomic E-state index is 12.3. The zero-order chi connectivity index (χ0) is 18.9. The Labute approximate surface area is 156 Å². The second kappa shape index (κ2) is 9.72. The van der Waals surface area contributed by atoms with E-state index >= 15 is 0 Å². The molecule has 0 saturated heterocycles. The molecular formula is C19H22N2O4S. The third-order valence-corrected chi connectivity index (χ3v) is 4.65. The molecule has 138 valence electrons. The standard InChI is InChI=1S/C19H22N2O4S/c1-21(19(24)16-9-6-10-26-16)13-17(22)20-15(12-18(23)25-2)11-14-7-4-3-5-8-14/h3-10,15H,11-13H2,1-2H3,(H,20,22)/t15-/m1/s1. The van der Waals surface area contributed by atoms with E-state index in [-0.39, 0.29) is 24.8 Å². The molecule has 7 heteroatoms. The van der Waals surface area contributed by atoms with Crippen molar-refractivity contribution in [2.24, 2.45) is 0 Å². The summed E-state index contributed by atoms with van der Waals surface area (Å²) in [5.74, 6) is -0.917. The number of methoxy groups -OCH3 is 1. The van der Waals surface area contributed by atoms with E-state index in [9.17, 15) is 14.4 Å². The molecule has 1 aromatic heterocycles. The first-order valence-electron chi connectivity index (χ1n) is 8.18. The van der Waals surface area contributed by atoms with E-state index in [0.29, 0.717) is 11.3 Å². The first kappa shape index (κ1) is 19.7. The zero-order valence-electron chi connectivity index (χ0n) is 14.8. The number of carbonyl (C=O) groups excluding carboxylic acids is 3. The molecule has 2 rings (SSSR count). The lowest BCUT2D eigenvalue weighted by Gasteiger charge is -2.21. The molecule has 0 radical (unpaired) electrons. The zero-order valence-corrected chi connectivity index (χ0v) is 15.6. The molecular weight excluding hydrogens is 352 g/mol. The fraction of sp³-hybridized carbons (Fsp3) is 0.316. The Hall–Kier alpha value is -2.67. The van der Waals surface area contributed by atoms with Gasteiger partial charge >= 0.3 is 5.97 Å². The van der Waals surface area contributed by atoms with Crippen LogP contribution in [0, 0.1) is 0 Å². The van der Waals surface area contributed by atoms with Crippen LogP contribution in [0.15, 0.2) is 47.8 Å². The first-order chi connectivity index (χ1) is 12.5. The summed E-state index contributed by atoms with van der Waals surface area (Å²) in [6.07, 6.45) is 0.573. The van der Waals surface area contributed by atoms with Crippen LogP contribution in [0.1, 0.15) is 21.7 Å². The van der Waals surface area contributed by atoms with Crippen LogP contribution in [0.4, 0.5) is 0 Å². The number of rotatable bonds is 8. The molecule has 1 aromatic carbocycles. The van der Waals surface area contributed by atoms with Gasteiger partial charge < -0.3 is 15.0 Å². The maximum Gasteiger partial charge on any atom is 0.307 e. The van der Waals surface area contributed by atoms with Gasteiger partial charge in [-0.2, -0.15) is 0 Å². The summed E-state index contributed by atoms with van der Waals surface area (Å²) < 4.78 is 4.71. The van der Waals surface area contributed by atoms with Gasteiger partial charge in [0.1, 0.15) is 0 Å². The molecule has 2 aromatic rings. The van der Waals surface area contributed by atoms with Crippen molar-refractivity contribution in [2.45, 2.75) is 18.9 Å². The summed E-state index contributed by atoms with van der Waals surface area (Å²) in [4.78, 5) is 38.2. The van der Waals surface area contributed by atoms with Crippen molar-refractivity contribution in [1.29, 1.82) is 0 Å². The quantitative estimate of drug-likeness (QED) is 0.718. The number of benzene rings is 1. The lowest BCUT2D eigenvalue weighted by Crippen LogP contribution is -2.44. The van der Waals surface area contributed by atoms with E-state index in [4.69, 9.17) is 4.74 Å². The molecule has 0 aliphatic rings. The maximum atomic E-state index is 12.3. The number of amides is 2. The molecule has 0 bridgehead atoms. The van der Waals surface area contributed by atoms with E-state index in [2.05, 4.69) is 5.32 Å². The molecule has 2 amide bonds. The molecule has 6 nitrogen and oxygen atoms in total. The first-order valence-corrected chi connectivity index (χ1v) is 9.06. The van der Waals surface area contributed by atoms with Gasteiger partial charge in [-0.25, -0.2) is 0 Å². The Morgan fingerprint density at radius 2 is 1.88 bits per heavy atom. The van der Waals surface area contributed by atoms with Crippen molar-refractivity contribution in [3.63, 3.8) is 0 Å². The Kier molecular flexibility index (Phi) is 7.35. The summed E-state index contributed by atoms with van der Waals surface area (Å²) in [5, 5.41) is 4.64. The van der Waals surface area contributed by atoms with E-state index in [1.807, 2.05) is 35.7 Å². The molecule has 1 N–H and O–H groups in total. The van der Waals surface area contributed by atoms with Gasteiger partial charge in [-0.1, -0.05) is 36.4 Å². The van der Waals surface area contributed by atoms with Crippen LogP contribution in [0.3, 0.4) is 0 Å². The second-order valence-electron chi connectivity index (χ2n) is 5.87. The largest absolute Gasteiger partial charge is 0.469 e. The Morgan fingerprint density at radius 3 is 2.50 bits per heavy atom. The monoisotopic (exact) mass is 374 g/mol. The van der Waals surface area contributed by atoms with Crippen LogP contribution >= 0.6 is 11.3 Å². The predicted molar refractivity (Wildman–Crippen MR) is 100.0 cm³/mol. The van der Waals surface area contributed by atoms with Gasteiger partial charge in [0.05, 0.1) is 25.0 Å². The summed E-state index contributed by atoms with van der Waals surface area (Å²) in [7, 11) is 2.89. The minimum atomic E-state index is -0.400. The molecule has 0 aliphatic heterocycles. The number of nitrogens with zero attached hydrogens (tertiary/aromatic N) is 1. The van der Waals surface area contributed by atoms with Crippen LogP contribution in [-0.4, -0.2) is 49.4 Å². The number of hydrogen-bond acceptors (Lipinski definition) is 5. The van der Waals surface area contributed by atoms with Crippen molar-refractivity contribution in [1.82, 2.24) is 10.2 Å². The Morgan fingerprint density at radius 1 is 1.15 bits per heavy atom. The van der Waals surface area contributed by atoms with Gasteiger partial charge in [0, 0.05) is 13.1 Å². The number of ether oxygens (including phenoxy) is 1. The van der Waals surface area contributed by atoms with Crippen molar-refractivity contribution in [3.8, 4) is 0 Å². The number of likely N-dealkylation sites (N-methyl/N-ethyl adjacent to an activating group) is 1. The average Bonchev–Trinajstić information content (AvgIpc) is 3.16. The molecule has 0 saturated carbocycles. The van der Waals surface area contributed by atoms with Gasteiger partial charge in [-0.05, 0) is 23.4 Å². The molecule has 0 fully saturated rings. The van der Waals surface area contributed by atoms with Crippen LogP contribution in [-0.2, 0) is 20.7 Å². The number of hydrogen-bond donors (Lipinski definition) is 1. The van der Waals surface area contributed by atoms with Crippen molar-refractivity contribution in [2.75, 3.05) is 20.7 Å². The number of nitrogens with one attached hydrogen (secondary N) is 1. The van der Waals surface area contributed by atoms with Crippen LogP contribution in [0.5, 0.6) is 0 Å². The van der Waals surface area contributed by atoms with Crippen LogP contribution in [0.25, 0.3) is 0 Å². The highest BCUT2D eigenvalue weighted by molar-refractivity contribution is 7.12. The van der Waals surface area contributed by atoms with Gasteiger partial charge in [0.2, 0.25) is 5.91 Å². The van der Waals surface area contributed by atoms with Crippen molar-refractivity contribution < 1.29 is 19.1 Å². The molecule has 0 spiro atoms. The molecule has 1 heterocycles. The highest BCUT2D eigenvalue weighted by Gasteiger charge is 2.20. The summed E-state index contributed by atoms with van der Waals surface area (Å²) in [5.41, 5.74) is 1.00. The van der Waals surface area contributed by atoms with E-state index in [0.717, 1.165) is 5.56 Å².